The molecule has 1 saturated heterocycles. The lowest BCUT2D eigenvalue weighted by atomic mass is 10.8. The molecule has 0 bridgehead atoms. The summed E-state index contributed by atoms with van der Waals surface area (Å²) in [5, 5.41) is 0. The standard InChI is InChI=1S/C4H11NSSi/c1-7(2)5-3-4-6-7/h5H,3-4H2,1-2H3. The average Bonchev–Trinajstić information content (AvgIpc) is 1.84. The van der Waals surface area contributed by atoms with Crippen LogP contribution in [-0.2, 0) is 0 Å². The summed E-state index contributed by atoms with van der Waals surface area (Å²) in [7, 11) is -0.873. The Hall–Kier alpha value is 0.527. The van der Waals surface area contributed by atoms with E-state index in [9.17, 15) is 0 Å². The molecule has 3 heteroatoms. The minimum atomic E-state index is -0.873. The molecule has 1 N–H and O–H groups in total. The Balaban J connectivity index is 2.40. The molecule has 1 aliphatic heterocycles. The van der Waals surface area contributed by atoms with Crippen molar-refractivity contribution in [3.05, 3.63) is 0 Å². The van der Waals surface area contributed by atoms with Gasteiger partial charge < -0.3 is 4.98 Å². The molecule has 0 aromatic rings. The van der Waals surface area contributed by atoms with E-state index in [0.717, 1.165) is 0 Å². The second kappa shape index (κ2) is 1.80. The van der Waals surface area contributed by atoms with E-state index in [1.54, 1.807) is 0 Å². The molecule has 0 unspecified atom stereocenters. The van der Waals surface area contributed by atoms with Crippen molar-refractivity contribution in [3.8, 4) is 0 Å². The van der Waals surface area contributed by atoms with Crippen molar-refractivity contribution in [2.24, 2.45) is 0 Å². The van der Waals surface area contributed by atoms with Gasteiger partial charge >= 0.3 is 0 Å². The van der Waals surface area contributed by atoms with Crippen LogP contribution in [0.15, 0.2) is 0 Å². The van der Waals surface area contributed by atoms with Gasteiger partial charge in [-0.1, -0.05) is 0 Å². The lowest BCUT2D eigenvalue weighted by Crippen LogP contribution is -2.35. The van der Waals surface area contributed by atoms with Crippen molar-refractivity contribution >= 4 is 18.6 Å². The number of rotatable bonds is 0. The smallest absolute Gasteiger partial charge is 0.182 e. The fourth-order valence-electron chi connectivity index (χ4n) is 0.709. The van der Waals surface area contributed by atoms with Crippen LogP contribution >= 0.6 is 11.2 Å². The first-order chi connectivity index (χ1) is 3.21. The lowest BCUT2D eigenvalue weighted by Gasteiger charge is -2.10. The van der Waals surface area contributed by atoms with Crippen molar-refractivity contribution in [2.75, 3.05) is 12.3 Å². The quantitative estimate of drug-likeness (QED) is 0.495. The van der Waals surface area contributed by atoms with Gasteiger partial charge in [0.25, 0.3) is 0 Å². The molecule has 0 saturated carbocycles. The summed E-state index contributed by atoms with van der Waals surface area (Å²) in [5.74, 6) is 1.33. The van der Waals surface area contributed by atoms with Crippen molar-refractivity contribution in [2.45, 2.75) is 13.1 Å². The van der Waals surface area contributed by atoms with Crippen LogP contribution in [0.25, 0.3) is 0 Å². The van der Waals surface area contributed by atoms with Gasteiger partial charge in [-0.2, -0.15) is 11.2 Å². The molecular formula is C4H11NSSi. The highest BCUT2D eigenvalue weighted by atomic mass is 32.4. The number of hydrogen-bond donors (Lipinski definition) is 1. The minimum absolute atomic E-state index is 0.873. The van der Waals surface area contributed by atoms with Crippen LogP contribution in [0, 0.1) is 0 Å². The molecule has 42 valence electrons. The second-order valence-corrected chi connectivity index (χ2v) is 10.3. The molecule has 0 atom stereocenters. The molecule has 1 nitrogen and oxygen atoms in total. The highest BCUT2D eigenvalue weighted by Crippen LogP contribution is 2.20. The predicted molar refractivity (Wildman–Crippen MR) is 37.9 cm³/mol. The maximum Gasteiger partial charge on any atom is 0.182 e. The zero-order valence-corrected chi connectivity index (χ0v) is 6.64. The third kappa shape index (κ3) is 1.47. The Morgan fingerprint density at radius 1 is 1.57 bits per heavy atom. The van der Waals surface area contributed by atoms with Gasteiger partial charge in [-0.05, 0) is 19.6 Å². The molecule has 0 amide bonds. The summed E-state index contributed by atoms with van der Waals surface area (Å²) < 4.78 is 0. The summed E-state index contributed by atoms with van der Waals surface area (Å²) >= 11 is 2.13. The molecular weight excluding hydrogens is 122 g/mol. The highest BCUT2D eigenvalue weighted by molar-refractivity contribution is 8.28. The van der Waals surface area contributed by atoms with E-state index in [1.165, 1.54) is 12.3 Å². The van der Waals surface area contributed by atoms with E-state index in [-0.39, 0.29) is 0 Å². The molecule has 0 aliphatic carbocycles. The van der Waals surface area contributed by atoms with Gasteiger partial charge in [0.1, 0.15) is 0 Å². The van der Waals surface area contributed by atoms with Crippen molar-refractivity contribution in [1.82, 2.24) is 4.98 Å². The van der Waals surface area contributed by atoms with Crippen molar-refractivity contribution in [3.63, 3.8) is 0 Å². The zero-order chi connectivity index (χ0) is 5.33. The molecule has 0 aromatic heterocycles. The summed E-state index contributed by atoms with van der Waals surface area (Å²) in [6.07, 6.45) is 0. The molecule has 7 heavy (non-hydrogen) atoms. The molecule has 1 rings (SSSR count). The Morgan fingerprint density at radius 2 is 2.29 bits per heavy atom. The van der Waals surface area contributed by atoms with Crippen LogP contribution in [-0.4, -0.2) is 19.7 Å². The van der Waals surface area contributed by atoms with E-state index in [0.29, 0.717) is 0 Å². The highest BCUT2D eigenvalue weighted by Gasteiger charge is 2.25. The fraction of sp³-hybridized carbons (Fsp3) is 1.00. The van der Waals surface area contributed by atoms with Crippen LogP contribution in [0.5, 0.6) is 0 Å². The number of nitrogens with one attached hydrogen (secondary N) is 1. The zero-order valence-electron chi connectivity index (χ0n) is 4.82. The summed E-state index contributed by atoms with van der Waals surface area (Å²) in [6.45, 7) is 5.94. The third-order valence-electron chi connectivity index (χ3n) is 1.12. The van der Waals surface area contributed by atoms with Crippen LogP contribution in [0.2, 0.25) is 13.1 Å². The first kappa shape index (κ1) is 5.66. The molecule has 0 spiro atoms. The van der Waals surface area contributed by atoms with Crippen LogP contribution in [0.3, 0.4) is 0 Å². The van der Waals surface area contributed by atoms with Gasteiger partial charge in [0, 0.05) is 5.75 Å². The topological polar surface area (TPSA) is 12.0 Å². The number of hydrogen-bond acceptors (Lipinski definition) is 2. The summed E-state index contributed by atoms with van der Waals surface area (Å²) in [4.78, 5) is 3.50. The maximum atomic E-state index is 3.50. The Kier molecular flexibility index (Phi) is 1.45. The molecule has 0 radical (unpaired) electrons. The van der Waals surface area contributed by atoms with Crippen LogP contribution in [0.1, 0.15) is 0 Å². The normalized spacial score (nSPS) is 28.3. The monoisotopic (exact) mass is 133 g/mol. The largest absolute Gasteiger partial charge is 0.329 e. The van der Waals surface area contributed by atoms with Gasteiger partial charge in [0.15, 0.2) is 7.38 Å². The van der Waals surface area contributed by atoms with Gasteiger partial charge in [0.2, 0.25) is 0 Å². The Morgan fingerprint density at radius 3 is 2.43 bits per heavy atom. The SMILES string of the molecule is C[Si]1(C)NCCS1. The summed E-state index contributed by atoms with van der Waals surface area (Å²) in [5.41, 5.74) is 0. The van der Waals surface area contributed by atoms with Crippen LogP contribution < -0.4 is 4.98 Å². The minimum Gasteiger partial charge on any atom is -0.329 e. The Labute approximate surface area is 49.6 Å². The predicted octanol–water partition coefficient (Wildman–Crippen LogP) is 1.02. The van der Waals surface area contributed by atoms with Gasteiger partial charge in [0.05, 0.1) is 0 Å². The van der Waals surface area contributed by atoms with Crippen LogP contribution in [0.4, 0.5) is 0 Å². The van der Waals surface area contributed by atoms with Crippen molar-refractivity contribution < 1.29 is 0 Å². The van der Waals surface area contributed by atoms with Crippen molar-refractivity contribution in [1.29, 1.82) is 0 Å². The molecule has 1 fully saturated rings. The molecule has 1 aliphatic rings. The first-order valence-electron chi connectivity index (χ1n) is 2.60. The molecule has 0 aromatic carbocycles. The maximum absolute atomic E-state index is 3.50. The van der Waals surface area contributed by atoms with Gasteiger partial charge in [-0.25, -0.2) is 0 Å². The second-order valence-electron chi connectivity index (χ2n) is 2.29. The van der Waals surface area contributed by atoms with E-state index in [2.05, 4.69) is 29.3 Å². The first-order valence-corrected chi connectivity index (χ1v) is 7.31. The van der Waals surface area contributed by atoms with E-state index in [1.807, 2.05) is 0 Å². The molecule has 1 heterocycles. The van der Waals surface area contributed by atoms with E-state index in [4.69, 9.17) is 0 Å². The van der Waals surface area contributed by atoms with Gasteiger partial charge in [-0.3, -0.25) is 0 Å². The van der Waals surface area contributed by atoms with Gasteiger partial charge in [-0.15, -0.1) is 0 Å². The fourth-order valence-corrected chi connectivity index (χ4v) is 4.88. The van der Waals surface area contributed by atoms with E-state index >= 15 is 0 Å². The van der Waals surface area contributed by atoms with E-state index < -0.39 is 7.38 Å². The lowest BCUT2D eigenvalue weighted by molar-refractivity contribution is 1.02. The average molecular weight is 133 g/mol. The summed E-state index contributed by atoms with van der Waals surface area (Å²) in [6, 6.07) is 0. The Bertz CT molecular complexity index is 66.1. The third-order valence-corrected chi connectivity index (χ3v) is 6.56.